The number of aromatic nitrogens is 1. The van der Waals surface area contributed by atoms with E-state index < -0.39 is 5.97 Å². The molecule has 2 N–H and O–H groups in total. The van der Waals surface area contributed by atoms with Gasteiger partial charge >= 0.3 is 5.97 Å². The first-order valence-electron chi connectivity index (χ1n) is 6.74. The van der Waals surface area contributed by atoms with Gasteiger partial charge in [-0.25, -0.2) is 0 Å². The maximum atomic E-state index is 12.6. The first kappa shape index (κ1) is 16.1. The quantitative estimate of drug-likeness (QED) is 0.802. The summed E-state index contributed by atoms with van der Waals surface area (Å²) in [5, 5.41) is 0. The van der Waals surface area contributed by atoms with Crippen LogP contribution in [0.1, 0.15) is 37.7 Å². The molecule has 0 saturated carbocycles. The molecular formula is C14H23N3O3. The average Bonchev–Trinajstić information content (AvgIpc) is 2.76. The topological polar surface area (TPSA) is 77.6 Å². The zero-order valence-electron chi connectivity index (χ0n) is 12.5. The van der Waals surface area contributed by atoms with Crippen LogP contribution >= 0.6 is 0 Å². The number of nitrogen functional groups attached to an aromatic ring is 1. The first-order chi connectivity index (χ1) is 9.40. The van der Waals surface area contributed by atoms with E-state index >= 15 is 0 Å². The van der Waals surface area contributed by atoms with Gasteiger partial charge in [0.05, 0.1) is 12.8 Å². The van der Waals surface area contributed by atoms with Crippen LogP contribution in [0.2, 0.25) is 0 Å². The van der Waals surface area contributed by atoms with Crippen molar-refractivity contribution in [3.8, 4) is 0 Å². The summed E-state index contributed by atoms with van der Waals surface area (Å²) in [7, 11) is 1.31. The molecule has 0 aromatic carbocycles. The average molecular weight is 281 g/mol. The summed E-state index contributed by atoms with van der Waals surface area (Å²) in [6.07, 6.45) is 2.64. The lowest BCUT2D eigenvalue weighted by Crippen LogP contribution is -2.41. The molecule has 0 radical (unpaired) electrons. The molecular weight excluding hydrogens is 258 g/mol. The zero-order valence-corrected chi connectivity index (χ0v) is 12.5. The molecule has 0 saturated heterocycles. The summed E-state index contributed by atoms with van der Waals surface area (Å²) >= 11 is 0. The van der Waals surface area contributed by atoms with E-state index in [0.29, 0.717) is 17.9 Å². The number of nitrogens with zero attached hydrogens (tertiary/aromatic N) is 2. The molecule has 6 nitrogen and oxygen atoms in total. The number of carbonyl (C=O) groups excluding carboxylic acids is 2. The lowest BCUT2D eigenvalue weighted by molar-refractivity contribution is -0.141. The van der Waals surface area contributed by atoms with E-state index in [1.807, 2.05) is 25.3 Å². The van der Waals surface area contributed by atoms with Crippen molar-refractivity contribution >= 4 is 17.6 Å². The van der Waals surface area contributed by atoms with Gasteiger partial charge in [-0.2, -0.15) is 0 Å². The number of rotatable bonds is 6. The number of aryl methyl sites for hydroxylation is 1. The predicted molar refractivity (Wildman–Crippen MR) is 77.3 cm³/mol. The largest absolute Gasteiger partial charge is 0.468 e. The molecule has 0 spiro atoms. The molecule has 6 heteroatoms. The van der Waals surface area contributed by atoms with Gasteiger partial charge in [0.2, 0.25) is 0 Å². The maximum absolute atomic E-state index is 12.6. The molecule has 1 amide bonds. The van der Waals surface area contributed by atoms with Crippen molar-refractivity contribution in [2.45, 2.75) is 39.8 Å². The second-order valence-corrected chi connectivity index (χ2v) is 4.96. The van der Waals surface area contributed by atoms with Gasteiger partial charge in [-0.15, -0.1) is 0 Å². The van der Waals surface area contributed by atoms with Crippen molar-refractivity contribution in [2.75, 3.05) is 19.4 Å². The highest BCUT2D eigenvalue weighted by Crippen LogP contribution is 2.15. The van der Waals surface area contributed by atoms with E-state index in [2.05, 4.69) is 4.74 Å². The van der Waals surface area contributed by atoms with E-state index in [4.69, 9.17) is 5.73 Å². The third kappa shape index (κ3) is 3.76. The Labute approximate surface area is 119 Å². The smallest absolute Gasteiger partial charge is 0.325 e. The van der Waals surface area contributed by atoms with Crippen LogP contribution in [0.15, 0.2) is 12.3 Å². The van der Waals surface area contributed by atoms with E-state index in [9.17, 15) is 9.59 Å². The molecule has 1 heterocycles. The fourth-order valence-corrected chi connectivity index (χ4v) is 1.98. The summed E-state index contributed by atoms with van der Waals surface area (Å²) in [6.45, 7) is 6.39. The molecule has 1 rings (SSSR count). The van der Waals surface area contributed by atoms with Gasteiger partial charge in [-0.05, 0) is 26.3 Å². The third-order valence-electron chi connectivity index (χ3n) is 3.01. The predicted octanol–water partition coefficient (Wildman–Crippen LogP) is 1.50. The number of nitrogens with two attached hydrogens (primary N) is 1. The number of anilines is 1. The number of ether oxygens (including phenoxy) is 1. The van der Waals surface area contributed by atoms with Gasteiger partial charge in [0, 0.05) is 18.8 Å². The van der Waals surface area contributed by atoms with E-state index in [1.165, 1.54) is 12.0 Å². The fraction of sp³-hybridized carbons (Fsp3) is 0.571. The standard InChI is InChI=1S/C14H23N3O3/c1-5-6-16-8-11(15)7-12(16)14(19)17(10(2)3)9-13(18)20-4/h7-8,10H,5-6,9,15H2,1-4H3. The van der Waals surface area contributed by atoms with Crippen molar-refractivity contribution in [3.63, 3.8) is 0 Å². The summed E-state index contributed by atoms with van der Waals surface area (Å²) in [4.78, 5) is 25.5. The Morgan fingerprint density at radius 2 is 2.10 bits per heavy atom. The van der Waals surface area contributed by atoms with Crippen molar-refractivity contribution < 1.29 is 14.3 Å². The number of carbonyl (C=O) groups is 2. The molecule has 0 atom stereocenters. The molecule has 0 aliphatic heterocycles. The van der Waals surface area contributed by atoms with Gasteiger partial charge in [0.1, 0.15) is 12.2 Å². The van der Waals surface area contributed by atoms with Crippen molar-refractivity contribution in [3.05, 3.63) is 18.0 Å². The number of methoxy groups -OCH3 is 1. The number of amides is 1. The van der Waals surface area contributed by atoms with Crippen molar-refractivity contribution in [1.82, 2.24) is 9.47 Å². The summed E-state index contributed by atoms with van der Waals surface area (Å²) in [6, 6.07) is 1.54. The van der Waals surface area contributed by atoms with E-state index in [1.54, 1.807) is 12.3 Å². The lowest BCUT2D eigenvalue weighted by Gasteiger charge is -2.26. The van der Waals surface area contributed by atoms with Crippen molar-refractivity contribution in [2.24, 2.45) is 0 Å². The Balaban J connectivity index is 3.02. The molecule has 112 valence electrons. The monoisotopic (exact) mass is 281 g/mol. The molecule has 0 fully saturated rings. The highest BCUT2D eigenvalue weighted by atomic mass is 16.5. The van der Waals surface area contributed by atoms with Crippen LogP contribution < -0.4 is 5.73 Å². The highest BCUT2D eigenvalue weighted by Gasteiger charge is 2.24. The fourth-order valence-electron chi connectivity index (χ4n) is 1.98. The second kappa shape index (κ2) is 6.98. The molecule has 0 bridgehead atoms. The SMILES string of the molecule is CCCn1cc(N)cc1C(=O)N(CC(=O)OC)C(C)C. The second-order valence-electron chi connectivity index (χ2n) is 4.96. The van der Waals surface area contributed by atoms with Crippen LogP contribution in [0.4, 0.5) is 5.69 Å². The molecule has 0 unspecified atom stereocenters. The number of hydrogen-bond acceptors (Lipinski definition) is 4. The highest BCUT2D eigenvalue weighted by molar-refractivity contribution is 5.95. The Morgan fingerprint density at radius 1 is 1.45 bits per heavy atom. The Hall–Kier alpha value is -1.98. The molecule has 0 aliphatic carbocycles. The van der Waals surface area contributed by atoms with Gasteiger partial charge in [0.25, 0.3) is 5.91 Å². The van der Waals surface area contributed by atoms with Crippen LogP contribution in [0, 0.1) is 0 Å². The lowest BCUT2D eigenvalue weighted by atomic mass is 10.2. The molecule has 0 aliphatic rings. The number of hydrogen-bond donors (Lipinski definition) is 1. The normalized spacial score (nSPS) is 10.7. The van der Waals surface area contributed by atoms with Gasteiger partial charge in [-0.3, -0.25) is 9.59 Å². The van der Waals surface area contributed by atoms with Crippen molar-refractivity contribution in [1.29, 1.82) is 0 Å². The zero-order chi connectivity index (χ0) is 15.3. The van der Waals surface area contributed by atoms with Gasteiger partial charge in [0.15, 0.2) is 0 Å². The summed E-state index contributed by atoms with van der Waals surface area (Å²) in [5.74, 6) is -0.649. The van der Waals surface area contributed by atoms with Gasteiger partial charge < -0.3 is 19.9 Å². The Kier molecular flexibility index (Phi) is 5.61. The molecule has 20 heavy (non-hydrogen) atoms. The van der Waals surface area contributed by atoms with E-state index in [0.717, 1.165) is 6.42 Å². The Bertz CT molecular complexity index is 480. The summed E-state index contributed by atoms with van der Waals surface area (Å²) < 4.78 is 6.46. The van der Waals surface area contributed by atoms with Crippen LogP contribution in [0.3, 0.4) is 0 Å². The molecule has 1 aromatic rings. The van der Waals surface area contributed by atoms with E-state index in [-0.39, 0.29) is 18.5 Å². The minimum Gasteiger partial charge on any atom is -0.468 e. The minimum absolute atomic E-state index is 0.0653. The van der Waals surface area contributed by atoms with Crippen LogP contribution in [-0.2, 0) is 16.1 Å². The van der Waals surface area contributed by atoms with Gasteiger partial charge in [-0.1, -0.05) is 6.92 Å². The minimum atomic E-state index is -0.436. The maximum Gasteiger partial charge on any atom is 0.325 e. The number of esters is 1. The Morgan fingerprint density at radius 3 is 2.60 bits per heavy atom. The van der Waals surface area contributed by atoms with Crippen LogP contribution in [0.25, 0.3) is 0 Å². The van der Waals surface area contributed by atoms with Crippen LogP contribution in [0.5, 0.6) is 0 Å². The first-order valence-corrected chi connectivity index (χ1v) is 6.74. The summed E-state index contributed by atoms with van der Waals surface area (Å²) in [5.41, 5.74) is 6.81. The molecule has 1 aromatic heterocycles. The third-order valence-corrected chi connectivity index (χ3v) is 3.01. The van der Waals surface area contributed by atoms with Crippen LogP contribution in [-0.4, -0.2) is 41.0 Å².